The third-order valence-electron chi connectivity index (χ3n) is 4.13. The summed E-state index contributed by atoms with van der Waals surface area (Å²) < 4.78 is 37.7. The van der Waals surface area contributed by atoms with Crippen molar-refractivity contribution < 1.29 is 13.2 Å². The maximum atomic E-state index is 12.6. The van der Waals surface area contributed by atoms with Gasteiger partial charge < -0.3 is 10.3 Å². The van der Waals surface area contributed by atoms with Gasteiger partial charge in [0.2, 0.25) is 0 Å². The molecule has 2 heterocycles. The van der Waals surface area contributed by atoms with Gasteiger partial charge in [-0.3, -0.25) is 0 Å². The number of aromatic amines is 1. The van der Waals surface area contributed by atoms with Gasteiger partial charge in [-0.15, -0.1) is 0 Å². The molecule has 118 valence electrons. The van der Waals surface area contributed by atoms with E-state index in [0.29, 0.717) is 17.5 Å². The molecule has 1 aliphatic rings. The molecule has 2 aromatic rings. The second kappa shape index (κ2) is 5.76. The van der Waals surface area contributed by atoms with Gasteiger partial charge in [0.25, 0.3) is 0 Å². The van der Waals surface area contributed by atoms with Gasteiger partial charge in [0.15, 0.2) is 0 Å². The lowest BCUT2D eigenvalue weighted by atomic mass is 9.93. The zero-order valence-corrected chi connectivity index (χ0v) is 12.2. The number of rotatable bonds is 2. The lowest BCUT2D eigenvalue weighted by Crippen LogP contribution is -2.35. The van der Waals surface area contributed by atoms with E-state index in [1.165, 1.54) is 12.1 Å². The summed E-state index contributed by atoms with van der Waals surface area (Å²) in [4.78, 5) is 7.67. The SMILES string of the molecule is C[C@@H]1C[C@@H](c2ncc(-c3ccc(C(F)(F)F)cc3)[nH]2)CCN1. The van der Waals surface area contributed by atoms with E-state index in [2.05, 4.69) is 22.2 Å². The Bertz CT molecular complexity index is 631. The first-order valence-corrected chi connectivity index (χ1v) is 7.39. The van der Waals surface area contributed by atoms with Crippen LogP contribution in [0.4, 0.5) is 13.2 Å². The molecule has 1 aromatic carbocycles. The molecule has 22 heavy (non-hydrogen) atoms. The molecule has 0 saturated carbocycles. The summed E-state index contributed by atoms with van der Waals surface area (Å²) in [5.41, 5.74) is 0.840. The fourth-order valence-corrected chi connectivity index (χ4v) is 2.91. The number of halogens is 3. The van der Waals surface area contributed by atoms with Crippen molar-refractivity contribution in [2.45, 2.75) is 37.9 Å². The molecular weight excluding hydrogens is 291 g/mol. The third-order valence-corrected chi connectivity index (χ3v) is 4.13. The molecule has 1 aliphatic heterocycles. The third kappa shape index (κ3) is 3.16. The van der Waals surface area contributed by atoms with Crippen LogP contribution in [0.5, 0.6) is 0 Å². The van der Waals surface area contributed by atoms with Gasteiger partial charge in [0.1, 0.15) is 5.82 Å². The minimum Gasteiger partial charge on any atom is -0.342 e. The first-order chi connectivity index (χ1) is 10.4. The van der Waals surface area contributed by atoms with Crippen molar-refractivity contribution >= 4 is 0 Å². The number of nitrogens with zero attached hydrogens (tertiary/aromatic N) is 1. The monoisotopic (exact) mass is 309 g/mol. The molecule has 0 amide bonds. The van der Waals surface area contributed by atoms with Gasteiger partial charge in [0, 0.05) is 12.0 Å². The normalized spacial score (nSPS) is 22.7. The van der Waals surface area contributed by atoms with Crippen LogP contribution in [-0.4, -0.2) is 22.6 Å². The van der Waals surface area contributed by atoms with Crippen molar-refractivity contribution in [3.05, 3.63) is 41.9 Å². The summed E-state index contributed by atoms with van der Waals surface area (Å²) in [6.45, 7) is 3.11. The highest BCUT2D eigenvalue weighted by Gasteiger charge is 2.30. The molecule has 0 radical (unpaired) electrons. The number of imidazole rings is 1. The smallest absolute Gasteiger partial charge is 0.342 e. The summed E-state index contributed by atoms with van der Waals surface area (Å²) in [5, 5.41) is 3.39. The van der Waals surface area contributed by atoms with Crippen molar-refractivity contribution in [1.82, 2.24) is 15.3 Å². The van der Waals surface area contributed by atoms with E-state index in [4.69, 9.17) is 0 Å². The molecule has 1 saturated heterocycles. The topological polar surface area (TPSA) is 40.7 Å². The summed E-state index contributed by atoms with van der Waals surface area (Å²) in [5.74, 6) is 1.29. The second-order valence-electron chi connectivity index (χ2n) is 5.83. The van der Waals surface area contributed by atoms with Crippen LogP contribution in [0.1, 0.15) is 37.1 Å². The number of aromatic nitrogens is 2. The molecule has 1 aromatic heterocycles. The molecule has 0 aliphatic carbocycles. The van der Waals surface area contributed by atoms with E-state index in [1.807, 2.05) is 0 Å². The van der Waals surface area contributed by atoms with E-state index >= 15 is 0 Å². The van der Waals surface area contributed by atoms with Gasteiger partial charge in [-0.2, -0.15) is 13.2 Å². The Morgan fingerprint density at radius 3 is 2.55 bits per heavy atom. The van der Waals surface area contributed by atoms with Gasteiger partial charge in [-0.25, -0.2) is 4.98 Å². The van der Waals surface area contributed by atoms with E-state index in [1.54, 1.807) is 6.20 Å². The highest BCUT2D eigenvalue weighted by molar-refractivity contribution is 5.59. The maximum absolute atomic E-state index is 12.6. The summed E-state index contributed by atoms with van der Waals surface area (Å²) in [6.07, 6.45) is -0.572. The number of piperidine rings is 1. The lowest BCUT2D eigenvalue weighted by molar-refractivity contribution is -0.137. The molecule has 6 heteroatoms. The second-order valence-corrected chi connectivity index (χ2v) is 5.83. The zero-order chi connectivity index (χ0) is 15.7. The van der Waals surface area contributed by atoms with Crippen LogP contribution in [0.2, 0.25) is 0 Å². The molecule has 0 spiro atoms. The number of alkyl halides is 3. The number of benzene rings is 1. The predicted octanol–water partition coefficient (Wildman–Crippen LogP) is 3.95. The number of nitrogens with one attached hydrogen (secondary N) is 2. The molecule has 1 fully saturated rings. The number of hydrogen-bond donors (Lipinski definition) is 2. The van der Waals surface area contributed by atoms with Crippen LogP contribution in [0.15, 0.2) is 30.5 Å². The summed E-state index contributed by atoms with van der Waals surface area (Å²) >= 11 is 0. The van der Waals surface area contributed by atoms with E-state index in [-0.39, 0.29) is 0 Å². The van der Waals surface area contributed by atoms with Crippen molar-refractivity contribution in [3.63, 3.8) is 0 Å². The molecule has 2 atom stereocenters. The fraction of sp³-hybridized carbons (Fsp3) is 0.438. The van der Waals surface area contributed by atoms with Crippen LogP contribution in [0.25, 0.3) is 11.3 Å². The van der Waals surface area contributed by atoms with Crippen LogP contribution in [-0.2, 0) is 6.18 Å². The van der Waals surface area contributed by atoms with E-state index in [9.17, 15) is 13.2 Å². The van der Waals surface area contributed by atoms with Crippen molar-refractivity contribution in [3.8, 4) is 11.3 Å². The number of H-pyrrole nitrogens is 1. The van der Waals surface area contributed by atoms with E-state index in [0.717, 1.165) is 43.0 Å². The van der Waals surface area contributed by atoms with Crippen molar-refractivity contribution in [2.75, 3.05) is 6.54 Å². The standard InChI is InChI=1S/C16H18F3N3/c1-10-8-12(6-7-20-10)15-21-9-14(22-15)11-2-4-13(5-3-11)16(17,18)19/h2-5,9-10,12,20H,6-8H2,1H3,(H,21,22)/t10-,12+/m1/s1. The maximum Gasteiger partial charge on any atom is 0.416 e. The first kappa shape index (κ1) is 15.1. The zero-order valence-electron chi connectivity index (χ0n) is 12.2. The molecule has 0 unspecified atom stereocenters. The highest BCUT2D eigenvalue weighted by atomic mass is 19.4. The van der Waals surface area contributed by atoms with Crippen LogP contribution in [0, 0.1) is 0 Å². The summed E-state index contributed by atoms with van der Waals surface area (Å²) in [6, 6.07) is 5.61. The minimum absolute atomic E-state index is 0.374. The molecule has 2 N–H and O–H groups in total. The molecular formula is C16H18F3N3. The highest BCUT2D eigenvalue weighted by Crippen LogP contribution is 2.31. The van der Waals surface area contributed by atoms with Gasteiger partial charge >= 0.3 is 6.18 Å². The Balaban J connectivity index is 1.78. The number of hydrogen-bond acceptors (Lipinski definition) is 2. The van der Waals surface area contributed by atoms with Gasteiger partial charge in [-0.1, -0.05) is 12.1 Å². The van der Waals surface area contributed by atoms with Crippen LogP contribution < -0.4 is 5.32 Å². The lowest BCUT2D eigenvalue weighted by Gasteiger charge is -2.26. The minimum atomic E-state index is -4.30. The average Bonchev–Trinajstić information content (AvgIpc) is 2.96. The Hall–Kier alpha value is -1.82. The summed E-state index contributed by atoms with van der Waals surface area (Å²) in [7, 11) is 0. The van der Waals surface area contributed by atoms with Gasteiger partial charge in [-0.05, 0) is 44.0 Å². The predicted molar refractivity (Wildman–Crippen MR) is 78.5 cm³/mol. The van der Waals surface area contributed by atoms with Crippen LogP contribution >= 0.6 is 0 Å². The Morgan fingerprint density at radius 1 is 1.18 bits per heavy atom. The van der Waals surface area contributed by atoms with Crippen molar-refractivity contribution in [2.24, 2.45) is 0 Å². The Kier molecular flexibility index (Phi) is 3.95. The largest absolute Gasteiger partial charge is 0.416 e. The molecule has 3 nitrogen and oxygen atoms in total. The quantitative estimate of drug-likeness (QED) is 0.882. The Morgan fingerprint density at radius 2 is 1.91 bits per heavy atom. The fourth-order valence-electron chi connectivity index (χ4n) is 2.91. The molecule has 0 bridgehead atoms. The molecule has 3 rings (SSSR count). The van der Waals surface area contributed by atoms with Crippen LogP contribution in [0.3, 0.4) is 0 Å². The van der Waals surface area contributed by atoms with Gasteiger partial charge in [0.05, 0.1) is 17.5 Å². The first-order valence-electron chi connectivity index (χ1n) is 7.39. The average molecular weight is 309 g/mol. The van der Waals surface area contributed by atoms with Crippen molar-refractivity contribution in [1.29, 1.82) is 0 Å². The van der Waals surface area contributed by atoms with E-state index < -0.39 is 11.7 Å². The Labute approximate surface area is 127 Å².